The van der Waals surface area contributed by atoms with E-state index >= 15 is 0 Å². The first-order valence-corrected chi connectivity index (χ1v) is 10.4. The molecule has 2 aliphatic heterocycles. The van der Waals surface area contributed by atoms with Crippen molar-refractivity contribution in [3.63, 3.8) is 0 Å². The molecule has 6 atom stereocenters. The average Bonchev–Trinajstić information content (AvgIpc) is 2.77. The van der Waals surface area contributed by atoms with Gasteiger partial charge in [-0.25, -0.2) is 0 Å². The second-order valence-electron chi connectivity index (χ2n) is 8.76. The first kappa shape index (κ1) is 21.8. The maximum absolute atomic E-state index is 12.6. The fourth-order valence-electron chi connectivity index (χ4n) is 3.50. The summed E-state index contributed by atoms with van der Waals surface area (Å²) in [7, 11) is 0. The van der Waals surface area contributed by atoms with Gasteiger partial charge < -0.3 is 28.8 Å². The third-order valence-corrected chi connectivity index (χ3v) is 5.23. The summed E-state index contributed by atoms with van der Waals surface area (Å²) < 4.78 is 29.6. The van der Waals surface area contributed by atoms with E-state index in [1.807, 2.05) is 48.5 Å². The Kier molecular flexibility index (Phi) is 6.29. The van der Waals surface area contributed by atoms with Crippen LogP contribution in [0.15, 0.2) is 60.7 Å². The van der Waals surface area contributed by atoms with E-state index in [4.69, 9.17) is 23.7 Å². The molecule has 4 rings (SSSR count). The lowest BCUT2D eigenvalue weighted by molar-refractivity contribution is -0.351. The summed E-state index contributed by atoms with van der Waals surface area (Å²) in [4.78, 5) is 12.6. The molecule has 7 heteroatoms. The summed E-state index contributed by atoms with van der Waals surface area (Å²) in [5, 5.41) is 11.2. The summed E-state index contributed by atoms with van der Waals surface area (Å²) in [6.07, 6.45) is -5.20. The molecule has 0 amide bonds. The van der Waals surface area contributed by atoms with Crippen molar-refractivity contribution in [2.75, 3.05) is 6.61 Å². The molecule has 0 spiro atoms. The summed E-state index contributed by atoms with van der Waals surface area (Å²) in [5.41, 5.74) is 0.0794. The molecule has 31 heavy (non-hydrogen) atoms. The van der Waals surface area contributed by atoms with E-state index in [1.165, 1.54) is 0 Å². The molecule has 0 bridgehead atoms. The molecule has 2 fully saturated rings. The van der Waals surface area contributed by atoms with E-state index in [1.54, 1.807) is 32.9 Å². The maximum Gasteiger partial charge on any atom is 0.311 e. The van der Waals surface area contributed by atoms with Gasteiger partial charge in [-0.3, -0.25) is 4.79 Å². The predicted molar refractivity (Wildman–Crippen MR) is 111 cm³/mol. The van der Waals surface area contributed by atoms with Crippen LogP contribution in [0.3, 0.4) is 0 Å². The van der Waals surface area contributed by atoms with E-state index in [2.05, 4.69) is 0 Å². The molecule has 0 radical (unpaired) electrons. The lowest BCUT2D eigenvalue weighted by Gasteiger charge is -2.47. The Hall–Kier alpha value is -2.45. The van der Waals surface area contributed by atoms with Crippen LogP contribution in [0.5, 0.6) is 5.75 Å². The highest BCUT2D eigenvalue weighted by atomic mass is 16.8. The molecule has 2 aromatic rings. The van der Waals surface area contributed by atoms with E-state index in [0.717, 1.165) is 5.56 Å². The highest BCUT2D eigenvalue weighted by molar-refractivity contribution is 5.75. The number of aliphatic hydroxyl groups excluding tert-OH is 1. The van der Waals surface area contributed by atoms with E-state index in [0.29, 0.717) is 5.75 Å². The first-order chi connectivity index (χ1) is 14.8. The molecule has 7 nitrogen and oxygen atoms in total. The van der Waals surface area contributed by atoms with Gasteiger partial charge in [0.15, 0.2) is 12.4 Å². The van der Waals surface area contributed by atoms with Gasteiger partial charge in [0.05, 0.1) is 12.0 Å². The van der Waals surface area contributed by atoms with Crippen molar-refractivity contribution in [2.24, 2.45) is 5.41 Å². The molecule has 2 aromatic carbocycles. The van der Waals surface area contributed by atoms with Crippen LogP contribution in [0.4, 0.5) is 0 Å². The average molecular weight is 428 g/mol. The van der Waals surface area contributed by atoms with Gasteiger partial charge in [-0.05, 0) is 32.9 Å². The van der Waals surface area contributed by atoms with E-state index < -0.39 is 48.4 Å². The van der Waals surface area contributed by atoms with Crippen LogP contribution in [0, 0.1) is 5.41 Å². The zero-order chi connectivity index (χ0) is 22.0. The third-order valence-electron chi connectivity index (χ3n) is 5.23. The van der Waals surface area contributed by atoms with Gasteiger partial charge in [0.2, 0.25) is 6.29 Å². The molecule has 166 valence electrons. The molecule has 2 saturated heterocycles. The smallest absolute Gasteiger partial charge is 0.311 e. The number of hydrogen-bond donors (Lipinski definition) is 1. The maximum atomic E-state index is 12.6. The number of fused-ring (bicyclic) bond motifs is 1. The Morgan fingerprint density at radius 2 is 1.65 bits per heavy atom. The number of rotatable bonds is 4. The van der Waals surface area contributed by atoms with Crippen LogP contribution >= 0.6 is 0 Å². The number of esters is 1. The van der Waals surface area contributed by atoms with Crippen molar-refractivity contribution < 1.29 is 33.6 Å². The minimum atomic E-state index is -1.16. The number of carbonyl (C=O) groups is 1. The lowest BCUT2D eigenvalue weighted by atomic mass is 9.95. The molecule has 0 unspecified atom stereocenters. The Labute approximate surface area is 181 Å². The van der Waals surface area contributed by atoms with Gasteiger partial charge >= 0.3 is 5.97 Å². The number of ether oxygens (including phenoxy) is 5. The second-order valence-corrected chi connectivity index (χ2v) is 8.76. The van der Waals surface area contributed by atoms with Crippen LogP contribution in [0.2, 0.25) is 0 Å². The van der Waals surface area contributed by atoms with Crippen molar-refractivity contribution in [2.45, 2.75) is 57.8 Å². The summed E-state index contributed by atoms with van der Waals surface area (Å²) in [5.74, 6) is 0.0710. The SMILES string of the molecule is CC(C)(C)C(=O)O[C@H]1[C@H](Oc2ccccc2)O[C@@H]2CO[C@@H](c3ccccc3)O[C@H]2[C@@H]1O. The van der Waals surface area contributed by atoms with Crippen molar-refractivity contribution in [3.8, 4) is 5.75 Å². The van der Waals surface area contributed by atoms with Crippen LogP contribution in [0.25, 0.3) is 0 Å². The zero-order valence-corrected chi connectivity index (χ0v) is 17.8. The molecule has 1 N–H and O–H groups in total. The molecule has 0 aromatic heterocycles. The van der Waals surface area contributed by atoms with Crippen molar-refractivity contribution >= 4 is 5.97 Å². The Morgan fingerprint density at radius 1 is 1.00 bits per heavy atom. The Morgan fingerprint density at radius 3 is 2.29 bits per heavy atom. The fourth-order valence-corrected chi connectivity index (χ4v) is 3.50. The highest BCUT2D eigenvalue weighted by Crippen LogP contribution is 2.36. The molecule has 0 saturated carbocycles. The van der Waals surface area contributed by atoms with Crippen LogP contribution in [0.1, 0.15) is 32.6 Å². The van der Waals surface area contributed by atoms with E-state index in [9.17, 15) is 9.90 Å². The minimum absolute atomic E-state index is 0.204. The molecule has 0 aliphatic carbocycles. The number of aliphatic hydroxyl groups is 1. The predicted octanol–water partition coefficient (Wildman–Crippen LogP) is 3.22. The fraction of sp³-hybridized carbons (Fsp3) is 0.458. The molecular weight excluding hydrogens is 400 g/mol. The van der Waals surface area contributed by atoms with Gasteiger partial charge in [-0.1, -0.05) is 48.5 Å². The molecular formula is C24H28O7. The Balaban J connectivity index is 1.56. The van der Waals surface area contributed by atoms with Crippen molar-refractivity contribution in [1.82, 2.24) is 0 Å². The first-order valence-electron chi connectivity index (χ1n) is 10.4. The van der Waals surface area contributed by atoms with Gasteiger partial charge in [-0.2, -0.15) is 0 Å². The van der Waals surface area contributed by atoms with Crippen LogP contribution in [-0.4, -0.2) is 48.4 Å². The number of para-hydroxylation sites is 1. The molecule has 2 heterocycles. The number of carbonyl (C=O) groups excluding carboxylic acids is 1. The third kappa shape index (κ3) is 4.91. The van der Waals surface area contributed by atoms with Crippen molar-refractivity contribution in [3.05, 3.63) is 66.2 Å². The van der Waals surface area contributed by atoms with Crippen molar-refractivity contribution in [1.29, 1.82) is 0 Å². The summed E-state index contributed by atoms with van der Waals surface area (Å²) in [6, 6.07) is 18.5. The van der Waals surface area contributed by atoms with Gasteiger partial charge in [0.1, 0.15) is 24.1 Å². The lowest BCUT2D eigenvalue weighted by Crippen LogP contribution is -2.64. The minimum Gasteiger partial charge on any atom is -0.461 e. The Bertz CT molecular complexity index is 865. The quantitative estimate of drug-likeness (QED) is 0.749. The van der Waals surface area contributed by atoms with Crippen LogP contribution in [-0.2, 0) is 23.7 Å². The monoisotopic (exact) mass is 428 g/mol. The number of hydrogen-bond acceptors (Lipinski definition) is 7. The normalized spacial score (nSPS) is 30.8. The number of benzene rings is 2. The largest absolute Gasteiger partial charge is 0.461 e. The van der Waals surface area contributed by atoms with Gasteiger partial charge in [0, 0.05) is 5.56 Å². The standard InChI is InChI=1S/C24H28O7/c1-24(2,3)23(26)31-20-18(25)19-17(29-22(20)28-16-12-8-5-9-13-16)14-27-21(30-19)15-10-6-4-7-11-15/h4-13,17-22,25H,14H2,1-3H3/t17-,18+,19-,20-,21-,22-/m1/s1. The summed E-state index contributed by atoms with van der Waals surface area (Å²) >= 11 is 0. The summed E-state index contributed by atoms with van der Waals surface area (Å²) in [6.45, 7) is 5.45. The van der Waals surface area contributed by atoms with E-state index in [-0.39, 0.29) is 6.61 Å². The second kappa shape index (κ2) is 8.96. The zero-order valence-electron chi connectivity index (χ0n) is 17.8. The molecule has 2 aliphatic rings. The van der Waals surface area contributed by atoms with Gasteiger partial charge in [-0.15, -0.1) is 0 Å². The van der Waals surface area contributed by atoms with Gasteiger partial charge in [0.25, 0.3) is 0 Å². The highest BCUT2D eigenvalue weighted by Gasteiger charge is 2.52. The van der Waals surface area contributed by atoms with Crippen LogP contribution < -0.4 is 4.74 Å². The topological polar surface area (TPSA) is 83.5 Å².